The summed E-state index contributed by atoms with van der Waals surface area (Å²) in [7, 11) is 0. The molecule has 140 valence electrons. The minimum Gasteiger partial charge on any atom is -0.469 e. The molecule has 1 aliphatic heterocycles. The number of guanidine groups is 1. The summed E-state index contributed by atoms with van der Waals surface area (Å²) in [5.74, 6) is 1.80. The summed E-state index contributed by atoms with van der Waals surface area (Å²) in [6.45, 7) is 5.20. The van der Waals surface area contributed by atoms with Crippen molar-refractivity contribution in [1.82, 2.24) is 10.6 Å². The Balaban J connectivity index is 1.54. The molecular formula is C21H29N3O2. The number of furan rings is 1. The van der Waals surface area contributed by atoms with E-state index in [-0.39, 0.29) is 6.10 Å². The molecule has 0 amide bonds. The van der Waals surface area contributed by atoms with Gasteiger partial charge in [0.1, 0.15) is 5.76 Å². The van der Waals surface area contributed by atoms with Crippen molar-refractivity contribution in [3.05, 3.63) is 59.5 Å². The van der Waals surface area contributed by atoms with E-state index in [2.05, 4.69) is 41.8 Å². The number of hydrogen-bond acceptors (Lipinski definition) is 3. The lowest BCUT2D eigenvalue weighted by atomic mass is 10.1. The molecule has 2 N–H and O–H groups in total. The summed E-state index contributed by atoms with van der Waals surface area (Å²) < 4.78 is 11.2. The van der Waals surface area contributed by atoms with E-state index in [0.717, 1.165) is 44.3 Å². The highest BCUT2D eigenvalue weighted by Crippen LogP contribution is 2.11. The molecule has 0 aliphatic carbocycles. The van der Waals surface area contributed by atoms with Crippen LogP contribution < -0.4 is 10.6 Å². The van der Waals surface area contributed by atoms with Crippen LogP contribution >= 0.6 is 0 Å². The van der Waals surface area contributed by atoms with Gasteiger partial charge in [0.15, 0.2) is 5.96 Å². The predicted molar refractivity (Wildman–Crippen MR) is 104 cm³/mol. The average molecular weight is 355 g/mol. The van der Waals surface area contributed by atoms with E-state index in [1.54, 1.807) is 6.26 Å². The molecule has 1 fully saturated rings. The molecule has 1 aromatic carbocycles. The molecule has 2 aromatic rings. The molecule has 5 heteroatoms. The fourth-order valence-electron chi connectivity index (χ4n) is 3.09. The van der Waals surface area contributed by atoms with Crippen LogP contribution in [0.3, 0.4) is 0 Å². The van der Waals surface area contributed by atoms with E-state index >= 15 is 0 Å². The molecule has 0 saturated carbocycles. The fraction of sp³-hybridized carbons (Fsp3) is 0.476. The van der Waals surface area contributed by atoms with Crippen LogP contribution in [0.5, 0.6) is 0 Å². The molecule has 0 bridgehead atoms. The zero-order valence-corrected chi connectivity index (χ0v) is 15.5. The first kappa shape index (κ1) is 18.5. The molecule has 0 radical (unpaired) electrons. The Morgan fingerprint density at radius 2 is 2.15 bits per heavy atom. The highest BCUT2D eigenvalue weighted by molar-refractivity contribution is 5.79. The highest BCUT2D eigenvalue weighted by Gasteiger charge is 2.14. The lowest BCUT2D eigenvalue weighted by Gasteiger charge is -2.23. The largest absolute Gasteiger partial charge is 0.469 e. The number of nitrogens with one attached hydrogen (secondary N) is 2. The molecule has 3 rings (SSSR count). The number of aliphatic imine (C=N–C) groups is 1. The Morgan fingerprint density at radius 1 is 1.19 bits per heavy atom. The molecule has 1 aliphatic rings. The minimum atomic E-state index is 0.278. The van der Waals surface area contributed by atoms with Crippen molar-refractivity contribution in [3.8, 4) is 0 Å². The third-order valence-corrected chi connectivity index (χ3v) is 4.52. The van der Waals surface area contributed by atoms with E-state index in [9.17, 15) is 0 Å². The van der Waals surface area contributed by atoms with Crippen molar-refractivity contribution in [3.63, 3.8) is 0 Å². The van der Waals surface area contributed by atoms with Crippen LogP contribution in [0.4, 0.5) is 0 Å². The second-order valence-corrected chi connectivity index (χ2v) is 6.78. The van der Waals surface area contributed by atoms with E-state index < -0.39 is 0 Å². The van der Waals surface area contributed by atoms with Crippen LogP contribution in [0, 0.1) is 6.92 Å². The Morgan fingerprint density at radius 3 is 2.92 bits per heavy atom. The van der Waals surface area contributed by atoms with Crippen LogP contribution in [0.1, 0.15) is 36.1 Å². The van der Waals surface area contributed by atoms with Gasteiger partial charge in [0, 0.05) is 26.1 Å². The molecular weight excluding hydrogens is 326 g/mol. The molecule has 1 atom stereocenters. The summed E-state index contributed by atoms with van der Waals surface area (Å²) in [4.78, 5) is 4.75. The van der Waals surface area contributed by atoms with Gasteiger partial charge in [-0.2, -0.15) is 0 Å². The lowest BCUT2D eigenvalue weighted by molar-refractivity contribution is 0.0194. The number of aryl methyl sites for hydroxylation is 1. The van der Waals surface area contributed by atoms with Crippen molar-refractivity contribution < 1.29 is 9.15 Å². The second kappa shape index (κ2) is 10.0. The Hall–Kier alpha value is -2.27. The van der Waals surface area contributed by atoms with Crippen molar-refractivity contribution in [1.29, 1.82) is 0 Å². The Kier molecular flexibility index (Phi) is 7.14. The zero-order chi connectivity index (χ0) is 18.0. The summed E-state index contributed by atoms with van der Waals surface area (Å²) in [6, 6.07) is 12.4. The van der Waals surface area contributed by atoms with Gasteiger partial charge in [0.25, 0.3) is 0 Å². The normalized spacial score (nSPS) is 17.9. The first-order valence-corrected chi connectivity index (χ1v) is 9.51. The van der Waals surface area contributed by atoms with E-state index in [1.165, 1.54) is 24.0 Å². The number of nitrogens with zero attached hydrogens (tertiary/aromatic N) is 1. The molecule has 5 nitrogen and oxygen atoms in total. The van der Waals surface area contributed by atoms with Crippen molar-refractivity contribution in [2.45, 2.75) is 45.3 Å². The van der Waals surface area contributed by atoms with Gasteiger partial charge in [-0.25, -0.2) is 4.99 Å². The molecule has 2 heterocycles. The van der Waals surface area contributed by atoms with E-state index in [1.807, 2.05) is 12.1 Å². The minimum absolute atomic E-state index is 0.278. The van der Waals surface area contributed by atoms with Crippen molar-refractivity contribution >= 4 is 5.96 Å². The number of rotatable bonds is 7. The molecule has 1 unspecified atom stereocenters. The summed E-state index contributed by atoms with van der Waals surface area (Å²) in [5, 5.41) is 6.84. The van der Waals surface area contributed by atoms with Crippen LogP contribution in [-0.2, 0) is 17.7 Å². The summed E-state index contributed by atoms with van der Waals surface area (Å²) in [5.41, 5.74) is 2.47. The van der Waals surface area contributed by atoms with Gasteiger partial charge in [-0.1, -0.05) is 29.8 Å². The SMILES string of the molecule is Cc1cccc(CN=C(NCCc2ccco2)NCC2CCCCO2)c1. The smallest absolute Gasteiger partial charge is 0.191 e. The van der Waals surface area contributed by atoms with Gasteiger partial charge in [-0.3, -0.25) is 0 Å². The monoisotopic (exact) mass is 355 g/mol. The summed E-state index contributed by atoms with van der Waals surface area (Å²) in [6.07, 6.45) is 6.35. The van der Waals surface area contributed by atoms with Gasteiger partial charge in [-0.15, -0.1) is 0 Å². The van der Waals surface area contributed by atoms with Crippen LogP contribution in [0.2, 0.25) is 0 Å². The highest BCUT2D eigenvalue weighted by atomic mass is 16.5. The topological polar surface area (TPSA) is 58.8 Å². The van der Waals surface area contributed by atoms with Crippen molar-refractivity contribution in [2.24, 2.45) is 4.99 Å². The van der Waals surface area contributed by atoms with Gasteiger partial charge in [-0.05, 0) is 43.9 Å². The van der Waals surface area contributed by atoms with Crippen LogP contribution in [-0.4, -0.2) is 31.8 Å². The zero-order valence-electron chi connectivity index (χ0n) is 15.5. The van der Waals surface area contributed by atoms with Gasteiger partial charge in [0.05, 0.1) is 18.9 Å². The molecule has 0 spiro atoms. The van der Waals surface area contributed by atoms with E-state index in [0.29, 0.717) is 6.54 Å². The third kappa shape index (κ3) is 6.23. The van der Waals surface area contributed by atoms with Crippen molar-refractivity contribution in [2.75, 3.05) is 19.7 Å². The molecule has 1 aromatic heterocycles. The first-order valence-electron chi connectivity index (χ1n) is 9.51. The fourth-order valence-corrected chi connectivity index (χ4v) is 3.09. The quantitative estimate of drug-likeness (QED) is 0.590. The molecule has 26 heavy (non-hydrogen) atoms. The number of hydrogen-bond donors (Lipinski definition) is 2. The van der Waals surface area contributed by atoms with Crippen LogP contribution in [0.15, 0.2) is 52.1 Å². The first-order chi connectivity index (χ1) is 12.8. The maximum atomic E-state index is 5.81. The number of benzene rings is 1. The predicted octanol–water partition coefficient (Wildman–Crippen LogP) is 3.44. The second-order valence-electron chi connectivity index (χ2n) is 6.78. The standard InChI is InChI=1S/C21H29N3O2/c1-17-6-4-7-18(14-17)15-23-21(22-11-10-19-9-5-13-25-19)24-16-20-8-2-3-12-26-20/h4-7,9,13-14,20H,2-3,8,10-12,15-16H2,1H3,(H2,22,23,24). The third-order valence-electron chi connectivity index (χ3n) is 4.52. The average Bonchev–Trinajstić information content (AvgIpc) is 3.18. The maximum absolute atomic E-state index is 5.81. The Bertz CT molecular complexity index is 676. The van der Waals surface area contributed by atoms with E-state index in [4.69, 9.17) is 14.1 Å². The number of ether oxygens (including phenoxy) is 1. The summed E-state index contributed by atoms with van der Waals surface area (Å²) >= 11 is 0. The van der Waals surface area contributed by atoms with Crippen LogP contribution in [0.25, 0.3) is 0 Å². The lowest BCUT2D eigenvalue weighted by Crippen LogP contribution is -2.43. The van der Waals surface area contributed by atoms with Gasteiger partial charge >= 0.3 is 0 Å². The Labute approximate surface area is 155 Å². The maximum Gasteiger partial charge on any atom is 0.191 e. The molecule has 1 saturated heterocycles. The van der Waals surface area contributed by atoms with Gasteiger partial charge in [0.2, 0.25) is 0 Å². The van der Waals surface area contributed by atoms with Gasteiger partial charge < -0.3 is 19.8 Å².